The van der Waals surface area contributed by atoms with Crippen LogP contribution >= 0.6 is 27.7 Å². The topological polar surface area (TPSA) is 88.1 Å². The molecule has 3 rings (SSSR count). The number of carbonyl (C=O) groups is 2. The summed E-state index contributed by atoms with van der Waals surface area (Å²) in [4.78, 5) is 25.9. The Labute approximate surface area is 167 Å². The molecule has 27 heavy (non-hydrogen) atoms. The van der Waals surface area contributed by atoms with Crippen molar-refractivity contribution >= 4 is 56.6 Å². The average Bonchev–Trinajstić information content (AvgIpc) is 2.91. The summed E-state index contributed by atoms with van der Waals surface area (Å²) in [6.45, 7) is 0. The smallest absolute Gasteiger partial charge is 0.247 e. The monoisotopic (exact) mass is 448 g/mol. The average molecular weight is 449 g/mol. The second-order valence-electron chi connectivity index (χ2n) is 5.56. The molecular weight excluding hydrogens is 435 g/mol. The van der Waals surface area contributed by atoms with Gasteiger partial charge in [-0.2, -0.15) is 5.10 Å². The van der Waals surface area contributed by atoms with Crippen molar-refractivity contribution in [2.24, 2.45) is 15.9 Å². The number of amidine groups is 1. The molecule has 1 atom stereocenters. The van der Waals surface area contributed by atoms with E-state index in [2.05, 4.69) is 26.1 Å². The third kappa shape index (κ3) is 4.61. The van der Waals surface area contributed by atoms with Gasteiger partial charge >= 0.3 is 0 Å². The summed E-state index contributed by atoms with van der Waals surface area (Å²) in [7, 11) is 0. The summed E-state index contributed by atoms with van der Waals surface area (Å²) in [6, 6.07) is 13.0. The maximum absolute atomic E-state index is 13.5. The third-order valence-electron chi connectivity index (χ3n) is 3.71. The van der Waals surface area contributed by atoms with E-state index in [1.54, 1.807) is 42.5 Å². The summed E-state index contributed by atoms with van der Waals surface area (Å²) in [5.74, 6) is -1.09. The van der Waals surface area contributed by atoms with Crippen LogP contribution in [-0.4, -0.2) is 28.4 Å². The van der Waals surface area contributed by atoms with Crippen LogP contribution in [-0.2, 0) is 9.59 Å². The fraction of sp³-hybridized carbons (Fsp3) is 0.111. The van der Waals surface area contributed by atoms with Gasteiger partial charge in [-0.15, -0.1) is 5.10 Å². The van der Waals surface area contributed by atoms with E-state index in [0.717, 1.165) is 21.1 Å². The Morgan fingerprint density at radius 2 is 1.93 bits per heavy atom. The second kappa shape index (κ2) is 8.45. The van der Waals surface area contributed by atoms with E-state index in [4.69, 9.17) is 5.73 Å². The van der Waals surface area contributed by atoms with Gasteiger partial charge in [0.15, 0.2) is 5.17 Å². The van der Waals surface area contributed by atoms with Crippen molar-refractivity contribution in [3.05, 3.63) is 64.4 Å². The van der Waals surface area contributed by atoms with Gasteiger partial charge < -0.3 is 5.73 Å². The molecule has 9 heteroatoms. The Kier molecular flexibility index (Phi) is 6.02. The van der Waals surface area contributed by atoms with E-state index in [-0.39, 0.29) is 29.0 Å². The largest absolute Gasteiger partial charge is 0.377 e. The number of carbonyl (C=O) groups excluding carboxylic acids is 2. The number of halogens is 2. The van der Waals surface area contributed by atoms with Crippen LogP contribution in [0.5, 0.6) is 0 Å². The molecule has 1 heterocycles. The van der Waals surface area contributed by atoms with Crippen LogP contribution in [0.2, 0.25) is 0 Å². The van der Waals surface area contributed by atoms with Crippen molar-refractivity contribution in [3.8, 4) is 0 Å². The highest BCUT2D eigenvalue weighted by Gasteiger charge is 2.40. The van der Waals surface area contributed by atoms with Crippen molar-refractivity contribution in [1.29, 1.82) is 0 Å². The number of anilines is 1. The molecule has 2 aromatic rings. The number of nitrogens with zero attached hydrogens (tertiary/aromatic N) is 3. The van der Waals surface area contributed by atoms with E-state index in [1.165, 1.54) is 12.3 Å². The highest BCUT2D eigenvalue weighted by Crippen LogP contribution is 2.30. The van der Waals surface area contributed by atoms with Gasteiger partial charge in [-0.3, -0.25) is 9.59 Å². The Morgan fingerprint density at radius 3 is 2.63 bits per heavy atom. The van der Waals surface area contributed by atoms with E-state index in [0.29, 0.717) is 5.69 Å². The summed E-state index contributed by atoms with van der Waals surface area (Å²) >= 11 is 4.27. The number of amides is 2. The zero-order valence-corrected chi connectivity index (χ0v) is 16.3. The van der Waals surface area contributed by atoms with Gasteiger partial charge in [0.1, 0.15) is 11.1 Å². The lowest BCUT2D eigenvalue weighted by Crippen LogP contribution is -2.31. The molecule has 2 N–H and O–H groups in total. The van der Waals surface area contributed by atoms with Crippen LogP contribution in [0.25, 0.3) is 0 Å². The molecule has 0 spiro atoms. The summed E-state index contributed by atoms with van der Waals surface area (Å²) in [5, 5.41) is 6.85. The van der Waals surface area contributed by atoms with Crippen LogP contribution < -0.4 is 10.6 Å². The summed E-state index contributed by atoms with van der Waals surface area (Å²) < 4.78 is 14.3. The molecule has 2 amide bonds. The van der Waals surface area contributed by atoms with E-state index in [9.17, 15) is 14.0 Å². The number of rotatable bonds is 4. The number of thioether (sulfide) groups is 1. The fourth-order valence-electron chi connectivity index (χ4n) is 2.45. The lowest BCUT2D eigenvalue weighted by molar-refractivity contribution is -0.121. The van der Waals surface area contributed by atoms with Crippen molar-refractivity contribution in [2.45, 2.75) is 11.7 Å². The molecule has 1 aliphatic heterocycles. The van der Waals surface area contributed by atoms with Gasteiger partial charge in [-0.05, 0) is 30.3 Å². The number of nitrogens with two attached hydrogens (primary N) is 1. The first-order valence-electron chi connectivity index (χ1n) is 7.86. The molecule has 0 radical (unpaired) electrons. The molecule has 2 aromatic carbocycles. The Bertz CT molecular complexity index is 933. The van der Waals surface area contributed by atoms with Crippen molar-refractivity contribution in [1.82, 2.24) is 0 Å². The minimum absolute atomic E-state index is 0.0198. The number of benzene rings is 2. The molecule has 6 nitrogen and oxygen atoms in total. The minimum Gasteiger partial charge on any atom is -0.377 e. The first kappa shape index (κ1) is 19.2. The number of imide groups is 1. The van der Waals surface area contributed by atoms with Crippen molar-refractivity contribution in [3.63, 3.8) is 0 Å². The van der Waals surface area contributed by atoms with Crippen LogP contribution in [0, 0.1) is 5.82 Å². The number of hydrogen-bond acceptors (Lipinski definition) is 5. The molecule has 0 saturated carbocycles. The Hall–Kier alpha value is -2.52. The Balaban J connectivity index is 1.67. The molecule has 1 aliphatic rings. The highest BCUT2D eigenvalue weighted by atomic mass is 79.9. The maximum atomic E-state index is 13.5. The fourth-order valence-corrected chi connectivity index (χ4v) is 3.54. The summed E-state index contributed by atoms with van der Waals surface area (Å²) in [6.07, 6.45) is 1.26. The molecule has 1 unspecified atom stereocenters. The Morgan fingerprint density at radius 1 is 1.22 bits per heavy atom. The van der Waals surface area contributed by atoms with Gasteiger partial charge in [-0.25, -0.2) is 9.29 Å². The van der Waals surface area contributed by atoms with Gasteiger partial charge in [0.05, 0.1) is 11.9 Å². The molecule has 1 saturated heterocycles. The molecule has 0 aromatic heterocycles. The van der Waals surface area contributed by atoms with Crippen molar-refractivity contribution < 1.29 is 14.0 Å². The van der Waals surface area contributed by atoms with Crippen LogP contribution in [0.15, 0.2) is 63.2 Å². The van der Waals surface area contributed by atoms with E-state index in [1.807, 2.05) is 0 Å². The lowest BCUT2D eigenvalue weighted by atomic mass is 10.2. The van der Waals surface area contributed by atoms with Crippen LogP contribution in [0.1, 0.15) is 12.0 Å². The quantitative estimate of drug-likeness (QED) is 0.336. The normalized spacial score (nSPS) is 17.9. The van der Waals surface area contributed by atoms with E-state index < -0.39 is 11.1 Å². The molecule has 0 bridgehead atoms. The molecular formula is C18H14BrFN4O2S. The molecule has 1 fully saturated rings. The third-order valence-corrected chi connectivity index (χ3v) is 5.22. The molecule has 0 aliphatic carbocycles. The SMILES string of the molecule is NC(=NN=Cc1ccccc1F)SC1CC(=O)N(c2ccc(Br)cc2)C1=O. The minimum atomic E-state index is -0.673. The van der Waals surface area contributed by atoms with E-state index >= 15 is 0 Å². The van der Waals surface area contributed by atoms with Crippen LogP contribution in [0.4, 0.5) is 10.1 Å². The van der Waals surface area contributed by atoms with Gasteiger partial charge in [0.25, 0.3) is 0 Å². The second-order valence-corrected chi connectivity index (χ2v) is 7.70. The first-order valence-corrected chi connectivity index (χ1v) is 9.53. The molecule has 138 valence electrons. The summed E-state index contributed by atoms with van der Waals surface area (Å²) in [5.41, 5.74) is 6.56. The predicted molar refractivity (Wildman–Crippen MR) is 108 cm³/mol. The number of hydrogen-bond donors (Lipinski definition) is 1. The maximum Gasteiger partial charge on any atom is 0.247 e. The van der Waals surface area contributed by atoms with Crippen LogP contribution in [0.3, 0.4) is 0 Å². The van der Waals surface area contributed by atoms with Gasteiger partial charge in [-0.1, -0.05) is 45.9 Å². The van der Waals surface area contributed by atoms with Crippen molar-refractivity contribution in [2.75, 3.05) is 4.90 Å². The van der Waals surface area contributed by atoms with Gasteiger partial charge in [0, 0.05) is 16.5 Å². The first-order chi connectivity index (χ1) is 13.0. The lowest BCUT2D eigenvalue weighted by Gasteiger charge is -2.14. The standard InChI is InChI=1S/C18H14BrFN4O2S/c19-12-5-7-13(8-6-12)24-16(25)9-15(17(24)26)27-18(21)23-22-10-11-3-1-2-4-14(11)20/h1-8,10,15H,9H2,(H2,21,23). The highest BCUT2D eigenvalue weighted by molar-refractivity contribution is 9.10. The van der Waals surface area contributed by atoms with Gasteiger partial charge in [0.2, 0.25) is 11.8 Å². The zero-order valence-electron chi connectivity index (χ0n) is 13.9. The predicted octanol–water partition coefficient (Wildman–Crippen LogP) is 3.30. The zero-order chi connectivity index (χ0) is 19.4.